The first-order valence-corrected chi connectivity index (χ1v) is 8.24. The number of hydrogen-bond donors (Lipinski definition) is 1. The highest BCUT2D eigenvalue weighted by Crippen LogP contribution is 2.23. The van der Waals surface area contributed by atoms with E-state index in [1.54, 1.807) is 36.6 Å². The fourth-order valence-electron chi connectivity index (χ4n) is 2.80. The Kier molecular flexibility index (Phi) is 4.85. The molecule has 0 bridgehead atoms. The van der Waals surface area contributed by atoms with E-state index < -0.39 is 0 Å². The molecule has 1 saturated heterocycles. The summed E-state index contributed by atoms with van der Waals surface area (Å²) in [5, 5.41) is 4.00. The van der Waals surface area contributed by atoms with E-state index in [4.69, 9.17) is 11.6 Å². The van der Waals surface area contributed by atoms with Gasteiger partial charge in [0.2, 0.25) is 0 Å². The second kappa shape index (κ2) is 7.05. The predicted molar refractivity (Wildman–Crippen MR) is 93.5 cm³/mol. The largest absolute Gasteiger partial charge is 0.381 e. The minimum atomic E-state index is -0.176. The summed E-state index contributed by atoms with van der Waals surface area (Å²) in [5.74, 6) is -0.0897. The van der Waals surface area contributed by atoms with Crippen molar-refractivity contribution in [2.45, 2.75) is 18.9 Å². The van der Waals surface area contributed by atoms with Gasteiger partial charge in [0, 0.05) is 56.4 Å². The zero-order chi connectivity index (χ0) is 17.1. The number of amides is 1. The Balaban J connectivity index is 1.60. The molecule has 3 heterocycles. The summed E-state index contributed by atoms with van der Waals surface area (Å²) in [4.78, 5) is 29.9. The van der Waals surface area contributed by atoms with Crippen LogP contribution in [-0.4, -0.2) is 39.5 Å². The van der Waals surface area contributed by atoms with E-state index >= 15 is 0 Å². The third-order valence-corrected chi connectivity index (χ3v) is 4.57. The lowest BCUT2D eigenvalue weighted by Gasteiger charge is -2.33. The van der Waals surface area contributed by atoms with Crippen molar-refractivity contribution in [3.63, 3.8) is 0 Å². The summed E-state index contributed by atoms with van der Waals surface area (Å²) < 4.78 is 1.45. The maximum atomic E-state index is 12.5. The molecule has 2 aromatic rings. The number of halogens is 1. The van der Waals surface area contributed by atoms with Crippen LogP contribution in [0.4, 0.5) is 5.69 Å². The Bertz CT molecular complexity index is 797. The van der Waals surface area contributed by atoms with Crippen LogP contribution in [0.25, 0.3) is 0 Å². The van der Waals surface area contributed by atoms with E-state index in [0.717, 1.165) is 18.5 Å². The molecule has 1 fully saturated rings. The molecule has 126 valence electrons. The summed E-state index contributed by atoms with van der Waals surface area (Å²) in [6, 6.07) is 5.19. The topological polar surface area (TPSA) is 67.2 Å². The molecule has 0 aliphatic carbocycles. The van der Waals surface area contributed by atoms with Crippen LogP contribution in [-0.2, 0) is 7.05 Å². The van der Waals surface area contributed by atoms with Gasteiger partial charge in [-0.1, -0.05) is 11.6 Å². The van der Waals surface area contributed by atoms with Gasteiger partial charge in [-0.3, -0.25) is 14.6 Å². The molecule has 0 unspecified atom stereocenters. The molecule has 24 heavy (non-hydrogen) atoms. The molecule has 1 amide bonds. The van der Waals surface area contributed by atoms with Crippen molar-refractivity contribution in [3.8, 4) is 0 Å². The van der Waals surface area contributed by atoms with E-state index in [2.05, 4.69) is 10.3 Å². The number of likely N-dealkylation sites (tertiary alicyclic amines) is 1. The molecular weight excluding hydrogens is 328 g/mol. The number of hydrogen-bond acceptors (Lipinski definition) is 4. The number of carbonyl (C=O) groups is 1. The summed E-state index contributed by atoms with van der Waals surface area (Å²) in [5.41, 5.74) is 1.13. The Morgan fingerprint density at radius 2 is 2.08 bits per heavy atom. The van der Waals surface area contributed by atoms with Gasteiger partial charge in [-0.2, -0.15) is 0 Å². The van der Waals surface area contributed by atoms with Gasteiger partial charge in [0.15, 0.2) is 0 Å². The van der Waals surface area contributed by atoms with Crippen LogP contribution in [0.5, 0.6) is 0 Å². The summed E-state index contributed by atoms with van der Waals surface area (Å²) in [6.07, 6.45) is 6.58. The highest BCUT2D eigenvalue weighted by Gasteiger charge is 2.24. The first kappa shape index (κ1) is 16.5. The van der Waals surface area contributed by atoms with Crippen LogP contribution >= 0.6 is 11.6 Å². The Morgan fingerprint density at radius 3 is 2.75 bits per heavy atom. The van der Waals surface area contributed by atoms with Crippen LogP contribution in [0.1, 0.15) is 23.2 Å². The lowest BCUT2D eigenvalue weighted by molar-refractivity contribution is 0.0718. The molecular formula is C17H19ClN4O2. The molecule has 1 aliphatic heterocycles. The number of nitrogens with one attached hydrogen (secondary N) is 1. The average Bonchev–Trinajstić information content (AvgIpc) is 2.59. The normalized spacial score (nSPS) is 15.3. The van der Waals surface area contributed by atoms with Crippen LogP contribution in [0.15, 0.2) is 41.6 Å². The van der Waals surface area contributed by atoms with Gasteiger partial charge in [0.05, 0.1) is 10.7 Å². The third kappa shape index (κ3) is 3.59. The molecule has 2 aromatic heterocycles. The molecule has 0 spiro atoms. The number of pyridine rings is 2. The van der Waals surface area contributed by atoms with Crippen molar-refractivity contribution in [3.05, 3.63) is 57.7 Å². The molecule has 0 aromatic carbocycles. The molecule has 7 heteroatoms. The van der Waals surface area contributed by atoms with Crippen LogP contribution < -0.4 is 10.9 Å². The number of carbonyl (C=O) groups excluding carboxylic acids is 1. The zero-order valence-electron chi connectivity index (χ0n) is 13.4. The lowest BCUT2D eigenvalue weighted by Crippen LogP contribution is -2.42. The Labute approximate surface area is 145 Å². The van der Waals surface area contributed by atoms with Crippen LogP contribution in [0.2, 0.25) is 5.02 Å². The van der Waals surface area contributed by atoms with E-state index in [1.165, 1.54) is 10.6 Å². The number of aryl methyl sites for hydroxylation is 1. The first-order valence-electron chi connectivity index (χ1n) is 7.86. The van der Waals surface area contributed by atoms with E-state index in [0.29, 0.717) is 23.7 Å². The fraction of sp³-hybridized carbons (Fsp3) is 0.353. The SMILES string of the molecule is Cn1ccc(C(=O)N2CCC(Nc3ccncc3Cl)CC2)cc1=O. The highest BCUT2D eigenvalue weighted by atomic mass is 35.5. The minimum Gasteiger partial charge on any atom is -0.381 e. The van der Waals surface area contributed by atoms with Gasteiger partial charge in [0.1, 0.15) is 0 Å². The fourth-order valence-corrected chi connectivity index (χ4v) is 2.98. The molecule has 0 atom stereocenters. The standard InChI is InChI=1S/C17H19ClN4O2/c1-21-7-3-12(10-16(21)23)17(24)22-8-4-13(5-9-22)20-15-2-6-19-11-14(15)18/h2-3,6-7,10-11,13H,4-5,8-9H2,1H3,(H,19,20). The predicted octanol–water partition coefficient (Wildman–Crippen LogP) is 2.15. The van der Waals surface area contributed by atoms with Crippen molar-refractivity contribution in [1.29, 1.82) is 0 Å². The van der Waals surface area contributed by atoms with Crippen molar-refractivity contribution < 1.29 is 4.79 Å². The molecule has 0 radical (unpaired) electrons. The first-order chi connectivity index (χ1) is 11.5. The van der Waals surface area contributed by atoms with Gasteiger partial charge in [0.25, 0.3) is 11.5 Å². The van der Waals surface area contributed by atoms with Gasteiger partial charge in [-0.05, 0) is 25.0 Å². The Hall–Kier alpha value is -2.34. The van der Waals surface area contributed by atoms with Gasteiger partial charge in [-0.15, -0.1) is 0 Å². The van der Waals surface area contributed by atoms with E-state index in [-0.39, 0.29) is 17.5 Å². The molecule has 3 rings (SSSR count). The molecule has 1 aliphatic rings. The molecule has 1 N–H and O–H groups in total. The monoisotopic (exact) mass is 346 g/mol. The second-order valence-corrected chi connectivity index (χ2v) is 6.34. The van der Waals surface area contributed by atoms with Gasteiger partial charge in [-0.25, -0.2) is 0 Å². The number of anilines is 1. The summed E-state index contributed by atoms with van der Waals surface area (Å²) in [7, 11) is 1.66. The van der Waals surface area contributed by atoms with Crippen molar-refractivity contribution in [2.24, 2.45) is 7.05 Å². The quantitative estimate of drug-likeness (QED) is 0.924. The molecule has 0 saturated carbocycles. The smallest absolute Gasteiger partial charge is 0.254 e. The summed E-state index contributed by atoms with van der Waals surface area (Å²) >= 11 is 6.11. The number of rotatable bonds is 3. The third-order valence-electron chi connectivity index (χ3n) is 4.27. The molecule has 6 nitrogen and oxygen atoms in total. The minimum absolute atomic E-state index is 0.0897. The average molecular weight is 347 g/mol. The number of piperidine rings is 1. The van der Waals surface area contributed by atoms with Crippen molar-refractivity contribution in [2.75, 3.05) is 18.4 Å². The number of aromatic nitrogens is 2. The van der Waals surface area contributed by atoms with Crippen LogP contribution in [0, 0.1) is 0 Å². The van der Waals surface area contributed by atoms with Crippen LogP contribution in [0.3, 0.4) is 0 Å². The summed E-state index contributed by atoms with van der Waals surface area (Å²) in [6.45, 7) is 1.29. The van der Waals surface area contributed by atoms with Gasteiger partial charge >= 0.3 is 0 Å². The second-order valence-electron chi connectivity index (χ2n) is 5.93. The number of nitrogens with zero attached hydrogens (tertiary/aromatic N) is 3. The zero-order valence-corrected chi connectivity index (χ0v) is 14.2. The van der Waals surface area contributed by atoms with E-state index in [1.807, 2.05) is 6.07 Å². The highest BCUT2D eigenvalue weighted by molar-refractivity contribution is 6.33. The maximum absolute atomic E-state index is 12.5. The van der Waals surface area contributed by atoms with Crippen molar-refractivity contribution in [1.82, 2.24) is 14.5 Å². The Morgan fingerprint density at radius 1 is 1.33 bits per heavy atom. The van der Waals surface area contributed by atoms with E-state index in [9.17, 15) is 9.59 Å². The lowest BCUT2D eigenvalue weighted by atomic mass is 10.0. The van der Waals surface area contributed by atoms with Crippen molar-refractivity contribution >= 4 is 23.2 Å². The van der Waals surface area contributed by atoms with Gasteiger partial charge < -0.3 is 14.8 Å². The maximum Gasteiger partial charge on any atom is 0.254 e.